The van der Waals surface area contributed by atoms with Gasteiger partial charge in [0.2, 0.25) is 0 Å². The highest BCUT2D eigenvalue weighted by Gasteiger charge is 2.07. The Bertz CT molecular complexity index is 629. The molecule has 0 aromatic carbocycles. The Balaban J connectivity index is 1.89. The van der Waals surface area contributed by atoms with Crippen LogP contribution in [0.4, 0.5) is 0 Å². The molecule has 0 saturated heterocycles. The minimum Gasteiger partial charge on any atom is -0.395 e. The number of aliphatic hydroxyl groups is 1. The Kier molecular flexibility index (Phi) is 5.24. The van der Waals surface area contributed by atoms with Gasteiger partial charge in [-0.25, -0.2) is 4.98 Å². The molecule has 5 nitrogen and oxygen atoms in total. The zero-order valence-corrected chi connectivity index (χ0v) is 11.5. The van der Waals surface area contributed by atoms with E-state index in [0.29, 0.717) is 18.7 Å². The van der Waals surface area contributed by atoms with E-state index in [1.807, 2.05) is 11.4 Å². The van der Waals surface area contributed by atoms with Crippen molar-refractivity contribution < 1.29 is 9.90 Å². The van der Waals surface area contributed by atoms with Gasteiger partial charge in [0, 0.05) is 34.6 Å². The van der Waals surface area contributed by atoms with Crippen LogP contribution in [0.15, 0.2) is 30.0 Å². The SMILES string of the molecule is O=C(NCc1cc(C#CCCO)cs1)c1cnccn1. The number of nitrogens with zero attached hydrogens (tertiary/aromatic N) is 2. The van der Waals surface area contributed by atoms with E-state index in [1.165, 1.54) is 29.9 Å². The van der Waals surface area contributed by atoms with Gasteiger partial charge >= 0.3 is 0 Å². The summed E-state index contributed by atoms with van der Waals surface area (Å²) in [5.41, 5.74) is 1.19. The highest BCUT2D eigenvalue weighted by atomic mass is 32.1. The second-order valence-electron chi connectivity index (χ2n) is 3.85. The molecule has 2 aromatic heterocycles. The summed E-state index contributed by atoms with van der Waals surface area (Å²) < 4.78 is 0. The predicted molar refractivity (Wildman–Crippen MR) is 76.1 cm³/mol. The first-order valence-corrected chi connectivity index (χ1v) is 6.89. The number of nitrogens with one attached hydrogen (secondary N) is 1. The van der Waals surface area contributed by atoms with E-state index in [0.717, 1.165) is 10.4 Å². The molecule has 0 radical (unpaired) electrons. The van der Waals surface area contributed by atoms with Gasteiger partial charge in [-0.05, 0) is 6.07 Å². The molecule has 0 aliphatic carbocycles. The molecule has 2 heterocycles. The summed E-state index contributed by atoms with van der Waals surface area (Å²) in [5, 5.41) is 13.3. The van der Waals surface area contributed by atoms with Crippen molar-refractivity contribution >= 4 is 17.2 Å². The van der Waals surface area contributed by atoms with Gasteiger partial charge in [0.25, 0.3) is 5.91 Å². The number of hydrogen-bond donors (Lipinski definition) is 2. The maximum Gasteiger partial charge on any atom is 0.271 e. The van der Waals surface area contributed by atoms with Gasteiger partial charge < -0.3 is 10.4 Å². The summed E-state index contributed by atoms with van der Waals surface area (Å²) >= 11 is 1.53. The van der Waals surface area contributed by atoms with E-state index < -0.39 is 0 Å². The van der Waals surface area contributed by atoms with Gasteiger partial charge in [0.05, 0.1) is 19.3 Å². The number of hydrogen-bond acceptors (Lipinski definition) is 5. The molecule has 2 N–H and O–H groups in total. The van der Waals surface area contributed by atoms with Crippen LogP contribution < -0.4 is 5.32 Å². The van der Waals surface area contributed by atoms with Gasteiger partial charge in [-0.2, -0.15) is 0 Å². The number of aromatic nitrogens is 2. The Morgan fingerprint density at radius 3 is 3.10 bits per heavy atom. The van der Waals surface area contributed by atoms with Crippen molar-refractivity contribution in [3.05, 3.63) is 46.2 Å². The summed E-state index contributed by atoms with van der Waals surface area (Å²) in [7, 11) is 0. The zero-order chi connectivity index (χ0) is 14.2. The molecule has 2 rings (SSSR count). The van der Waals surface area contributed by atoms with Crippen LogP contribution in [0, 0.1) is 11.8 Å². The first kappa shape index (κ1) is 14.2. The largest absolute Gasteiger partial charge is 0.395 e. The van der Waals surface area contributed by atoms with E-state index in [2.05, 4.69) is 27.1 Å². The van der Waals surface area contributed by atoms with Crippen molar-refractivity contribution in [3.63, 3.8) is 0 Å². The zero-order valence-electron chi connectivity index (χ0n) is 10.7. The van der Waals surface area contributed by atoms with Crippen molar-refractivity contribution in [2.45, 2.75) is 13.0 Å². The van der Waals surface area contributed by atoms with Gasteiger partial charge in [0.1, 0.15) is 5.69 Å². The molecule has 102 valence electrons. The second-order valence-corrected chi connectivity index (χ2v) is 4.85. The van der Waals surface area contributed by atoms with Crippen LogP contribution in [0.2, 0.25) is 0 Å². The fourth-order valence-corrected chi connectivity index (χ4v) is 2.19. The molecule has 0 spiro atoms. The number of thiophene rings is 1. The maximum atomic E-state index is 11.8. The Labute approximate surface area is 120 Å². The van der Waals surface area contributed by atoms with Crippen LogP contribution in [0.5, 0.6) is 0 Å². The lowest BCUT2D eigenvalue weighted by Gasteiger charge is -2.01. The molecule has 0 unspecified atom stereocenters. The molecule has 0 bridgehead atoms. The monoisotopic (exact) mass is 287 g/mol. The number of amides is 1. The number of rotatable bonds is 4. The maximum absolute atomic E-state index is 11.8. The quantitative estimate of drug-likeness (QED) is 0.829. The summed E-state index contributed by atoms with van der Waals surface area (Å²) in [6.45, 7) is 0.500. The highest BCUT2D eigenvalue weighted by Crippen LogP contribution is 2.13. The van der Waals surface area contributed by atoms with Crippen LogP contribution in [0.3, 0.4) is 0 Å². The standard InChI is InChI=1S/C14H13N3O2S/c18-6-2-1-3-11-7-12(20-10-11)8-17-14(19)13-9-15-4-5-16-13/h4-5,7,9-10,18H,2,6,8H2,(H,17,19). The molecular formula is C14H13N3O2S. The van der Waals surface area contributed by atoms with Gasteiger partial charge in [-0.3, -0.25) is 9.78 Å². The van der Waals surface area contributed by atoms with Gasteiger partial charge in [-0.1, -0.05) is 11.8 Å². The Morgan fingerprint density at radius 2 is 2.35 bits per heavy atom. The van der Waals surface area contributed by atoms with E-state index in [9.17, 15) is 4.79 Å². The minimum absolute atomic E-state index is 0.0676. The van der Waals surface area contributed by atoms with Crippen LogP contribution in [-0.4, -0.2) is 27.6 Å². The number of carbonyl (C=O) groups excluding carboxylic acids is 1. The predicted octanol–water partition coefficient (Wildman–Crippen LogP) is 1.20. The fourth-order valence-electron chi connectivity index (χ4n) is 1.43. The highest BCUT2D eigenvalue weighted by molar-refractivity contribution is 7.10. The lowest BCUT2D eigenvalue weighted by Crippen LogP contribution is -2.23. The van der Waals surface area contributed by atoms with Crippen molar-refractivity contribution in [1.82, 2.24) is 15.3 Å². The average molecular weight is 287 g/mol. The summed E-state index contributed by atoms with van der Waals surface area (Å²) in [6.07, 6.45) is 4.90. The van der Waals surface area contributed by atoms with Crippen LogP contribution in [0.1, 0.15) is 27.3 Å². The molecule has 0 aliphatic heterocycles. The third-order valence-electron chi connectivity index (χ3n) is 2.34. The first-order valence-electron chi connectivity index (χ1n) is 6.01. The Morgan fingerprint density at radius 1 is 1.45 bits per heavy atom. The van der Waals surface area contributed by atoms with Crippen LogP contribution >= 0.6 is 11.3 Å². The molecule has 2 aromatic rings. The Hall–Kier alpha value is -2.23. The number of carbonyl (C=O) groups is 1. The normalized spacial score (nSPS) is 9.65. The summed E-state index contributed by atoms with van der Waals surface area (Å²) in [5.74, 6) is 5.56. The summed E-state index contributed by atoms with van der Waals surface area (Å²) in [4.78, 5) is 20.6. The molecule has 0 fully saturated rings. The van der Waals surface area contributed by atoms with Crippen LogP contribution in [0.25, 0.3) is 0 Å². The minimum atomic E-state index is -0.251. The van der Waals surface area contributed by atoms with E-state index in [-0.39, 0.29) is 12.5 Å². The molecule has 6 heteroatoms. The van der Waals surface area contributed by atoms with Crippen LogP contribution in [-0.2, 0) is 6.54 Å². The third kappa shape index (κ3) is 4.16. The molecule has 0 saturated carbocycles. The molecule has 1 amide bonds. The van der Waals surface area contributed by atoms with Crippen molar-refractivity contribution in [2.24, 2.45) is 0 Å². The molecule has 20 heavy (non-hydrogen) atoms. The van der Waals surface area contributed by atoms with E-state index in [4.69, 9.17) is 5.11 Å². The molecule has 0 aliphatic rings. The van der Waals surface area contributed by atoms with Crippen molar-refractivity contribution in [2.75, 3.05) is 6.61 Å². The smallest absolute Gasteiger partial charge is 0.271 e. The van der Waals surface area contributed by atoms with Gasteiger partial charge in [0.15, 0.2) is 0 Å². The summed E-state index contributed by atoms with van der Waals surface area (Å²) in [6, 6.07) is 1.92. The van der Waals surface area contributed by atoms with Crippen molar-refractivity contribution in [3.8, 4) is 11.8 Å². The topological polar surface area (TPSA) is 75.1 Å². The van der Waals surface area contributed by atoms with E-state index in [1.54, 1.807) is 0 Å². The van der Waals surface area contributed by atoms with Gasteiger partial charge in [-0.15, -0.1) is 11.3 Å². The average Bonchev–Trinajstić information content (AvgIpc) is 2.94. The molecular weight excluding hydrogens is 274 g/mol. The second kappa shape index (κ2) is 7.38. The number of aliphatic hydroxyl groups excluding tert-OH is 1. The lowest BCUT2D eigenvalue weighted by molar-refractivity contribution is 0.0946. The molecule has 0 atom stereocenters. The van der Waals surface area contributed by atoms with E-state index >= 15 is 0 Å². The fraction of sp³-hybridized carbons (Fsp3) is 0.214. The third-order valence-corrected chi connectivity index (χ3v) is 3.28. The van der Waals surface area contributed by atoms with Crippen molar-refractivity contribution in [1.29, 1.82) is 0 Å². The lowest BCUT2D eigenvalue weighted by atomic mass is 10.3. The first-order chi connectivity index (χ1) is 9.79.